The number of aliphatic hydroxyl groups is 1. The second-order valence-electron chi connectivity index (χ2n) is 3.34. The Bertz CT molecular complexity index is 292. The fraction of sp³-hybridized carbons (Fsp3) is 0.400. The van der Waals surface area contributed by atoms with Crippen LogP contribution in [0, 0.1) is 0 Å². The van der Waals surface area contributed by atoms with E-state index in [9.17, 15) is 13.9 Å². The molecule has 1 atom stereocenters. The lowest BCUT2D eigenvalue weighted by molar-refractivity contribution is -0.0284. The van der Waals surface area contributed by atoms with Crippen molar-refractivity contribution in [3.8, 4) is 0 Å². The smallest absolute Gasteiger partial charge is 0.248 e. The zero-order valence-corrected chi connectivity index (χ0v) is 8.43. The Balaban J connectivity index is 2.70. The molecule has 0 heterocycles. The summed E-state index contributed by atoms with van der Waals surface area (Å²) in [4.78, 5) is 0. The Morgan fingerprint density at radius 1 is 1.36 bits per heavy atom. The summed E-state index contributed by atoms with van der Waals surface area (Å²) in [5.41, 5.74) is 0.455. The van der Waals surface area contributed by atoms with Crippen molar-refractivity contribution in [2.75, 3.05) is 0 Å². The highest BCUT2D eigenvalue weighted by molar-refractivity contribution is 6.30. The highest BCUT2D eigenvalue weighted by Gasteiger charge is 2.26. The number of rotatable bonds is 3. The Labute approximate surface area is 86.3 Å². The van der Waals surface area contributed by atoms with Crippen molar-refractivity contribution in [2.24, 2.45) is 0 Å². The maximum Gasteiger partial charge on any atom is 0.248 e. The van der Waals surface area contributed by atoms with Crippen LogP contribution in [0.2, 0.25) is 5.02 Å². The van der Waals surface area contributed by atoms with E-state index in [1.54, 1.807) is 24.3 Å². The first-order valence-corrected chi connectivity index (χ1v) is 4.57. The minimum absolute atomic E-state index is 0.455. The molecule has 0 saturated heterocycles. The van der Waals surface area contributed by atoms with Gasteiger partial charge in [-0.05, 0) is 24.6 Å². The molecule has 1 aromatic rings. The summed E-state index contributed by atoms with van der Waals surface area (Å²) in [6, 6.07) is 6.21. The number of benzene rings is 1. The van der Waals surface area contributed by atoms with Gasteiger partial charge in [0.2, 0.25) is 5.92 Å². The quantitative estimate of drug-likeness (QED) is 0.828. The van der Waals surface area contributed by atoms with E-state index in [2.05, 4.69) is 0 Å². The molecule has 1 unspecified atom stereocenters. The molecule has 0 aliphatic carbocycles. The number of halogens is 3. The van der Waals surface area contributed by atoms with Crippen LogP contribution in [0.5, 0.6) is 0 Å². The average molecular weight is 221 g/mol. The van der Waals surface area contributed by atoms with Gasteiger partial charge in [0, 0.05) is 11.4 Å². The summed E-state index contributed by atoms with van der Waals surface area (Å²) in [7, 11) is 0. The van der Waals surface area contributed by atoms with Crippen LogP contribution in [0.3, 0.4) is 0 Å². The van der Waals surface area contributed by atoms with Gasteiger partial charge in [-0.2, -0.15) is 0 Å². The standard InChI is InChI=1S/C10H11ClF2O/c1-10(12,13)6-9(14)7-2-4-8(11)5-3-7/h2-5,9,14H,6H2,1H3. The fourth-order valence-corrected chi connectivity index (χ4v) is 1.27. The molecule has 4 heteroatoms. The Morgan fingerprint density at radius 3 is 2.29 bits per heavy atom. The van der Waals surface area contributed by atoms with Gasteiger partial charge < -0.3 is 5.11 Å². The van der Waals surface area contributed by atoms with Crippen molar-refractivity contribution in [3.05, 3.63) is 34.9 Å². The van der Waals surface area contributed by atoms with Gasteiger partial charge in [-0.3, -0.25) is 0 Å². The molecule has 1 nitrogen and oxygen atoms in total. The zero-order chi connectivity index (χ0) is 10.8. The number of hydrogen-bond acceptors (Lipinski definition) is 1. The van der Waals surface area contributed by atoms with Gasteiger partial charge in [-0.25, -0.2) is 8.78 Å². The molecule has 1 rings (SSSR count). The number of hydrogen-bond donors (Lipinski definition) is 1. The van der Waals surface area contributed by atoms with E-state index in [0.29, 0.717) is 10.6 Å². The molecule has 78 valence electrons. The summed E-state index contributed by atoms with van der Waals surface area (Å²) in [6.07, 6.45) is -1.72. The fourth-order valence-electron chi connectivity index (χ4n) is 1.14. The van der Waals surface area contributed by atoms with E-state index in [1.165, 1.54) is 0 Å². The molecular formula is C10H11ClF2O. The first-order valence-electron chi connectivity index (χ1n) is 4.20. The summed E-state index contributed by atoms with van der Waals surface area (Å²) in [5.74, 6) is -2.86. The van der Waals surface area contributed by atoms with E-state index >= 15 is 0 Å². The Morgan fingerprint density at radius 2 is 1.86 bits per heavy atom. The van der Waals surface area contributed by atoms with Crippen molar-refractivity contribution in [2.45, 2.75) is 25.4 Å². The molecule has 0 radical (unpaired) electrons. The summed E-state index contributed by atoms with van der Waals surface area (Å²) < 4.78 is 25.1. The molecular weight excluding hydrogens is 210 g/mol. The monoisotopic (exact) mass is 220 g/mol. The molecule has 1 aromatic carbocycles. The molecule has 0 aliphatic rings. The molecule has 0 amide bonds. The average Bonchev–Trinajstić information content (AvgIpc) is 2.02. The number of alkyl halides is 2. The number of aliphatic hydroxyl groups excluding tert-OH is 1. The maximum atomic E-state index is 12.6. The van der Waals surface area contributed by atoms with E-state index in [1.807, 2.05) is 0 Å². The van der Waals surface area contributed by atoms with Crippen LogP contribution in [-0.2, 0) is 0 Å². The normalized spacial score (nSPS) is 14.1. The van der Waals surface area contributed by atoms with E-state index in [0.717, 1.165) is 6.92 Å². The lowest BCUT2D eigenvalue weighted by Gasteiger charge is -2.15. The topological polar surface area (TPSA) is 20.2 Å². The second kappa shape index (κ2) is 4.24. The second-order valence-corrected chi connectivity index (χ2v) is 3.78. The van der Waals surface area contributed by atoms with Gasteiger partial charge >= 0.3 is 0 Å². The van der Waals surface area contributed by atoms with Crippen molar-refractivity contribution in [1.29, 1.82) is 0 Å². The van der Waals surface area contributed by atoms with Crippen LogP contribution in [0.4, 0.5) is 8.78 Å². The van der Waals surface area contributed by atoms with Crippen molar-refractivity contribution >= 4 is 11.6 Å². The lowest BCUT2D eigenvalue weighted by atomic mass is 10.0. The molecule has 0 fully saturated rings. The Kier molecular flexibility index (Phi) is 3.45. The first kappa shape index (κ1) is 11.4. The first-order chi connectivity index (χ1) is 6.38. The van der Waals surface area contributed by atoms with Gasteiger partial charge in [0.1, 0.15) is 0 Å². The maximum absolute atomic E-state index is 12.6. The molecule has 0 spiro atoms. The summed E-state index contributed by atoms with van der Waals surface area (Å²) in [6.45, 7) is 0.784. The molecule has 0 aromatic heterocycles. The highest BCUT2D eigenvalue weighted by atomic mass is 35.5. The van der Waals surface area contributed by atoms with Crippen LogP contribution in [0.25, 0.3) is 0 Å². The van der Waals surface area contributed by atoms with Crippen molar-refractivity contribution in [1.82, 2.24) is 0 Å². The zero-order valence-electron chi connectivity index (χ0n) is 7.67. The predicted octanol–water partition coefficient (Wildman–Crippen LogP) is 3.42. The van der Waals surface area contributed by atoms with Crippen LogP contribution >= 0.6 is 11.6 Å². The molecule has 0 aliphatic heterocycles. The van der Waals surface area contributed by atoms with Gasteiger partial charge in [0.05, 0.1) is 6.10 Å². The van der Waals surface area contributed by atoms with E-state index in [-0.39, 0.29) is 0 Å². The van der Waals surface area contributed by atoms with Crippen molar-refractivity contribution < 1.29 is 13.9 Å². The van der Waals surface area contributed by atoms with E-state index in [4.69, 9.17) is 11.6 Å². The van der Waals surface area contributed by atoms with Crippen LogP contribution in [0.1, 0.15) is 25.0 Å². The predicted molar refractivity (Wildman–Crippen MR) is 51.6 cm³/mol. The third-order valence-electron chi connectivity index (χ3n) is 1.81. The Hall–Kier alpha value is -0.670. The minimum atomic E-state index is -2.86. The third-order valence-corrected chi connectivity index (χ3v) is 2.06. The van der Waals surface area contributed by atoms with Crippen molar-refractivity contribution in [3.63, 3.8) is 0 Å². The summed E-state index contributed by atoms with van der Waals surface area (Å²) >= 11 is 5.62. The molecule has 14 heavy (non-hydrogen) atoms. The molecule has 1 N–H and O–H groups in total. The van der Waals surface area contributed by atoms with Gasteiger partial charge in [-0.15, -0.1) is 0 Å². The highest BCUT2D eigenvalue weighted by Crippen LogP contribution is 2.28. The largest absolute Gasteiger partial charge is 0.388 e. The van der Waals surface area contributed by atoms with Crippen LogP contribution < -0.4 is 0 Å². The minimum Gasteiger partial charge on any atom is -0.388 e. The van der Waals surface area contributed by atoms with Gasteiger partial charge in [-0.1, -0.05) is 23.7 Å². The van der Waals surface area contributed by atoms with Gasteiger partial charge in [0.25, 0.3) is 0 Å². The SMILES string of the molecule is CC(F)(F)CC(O)c1ccc(Cl)cc1. The molecule has 0 saturated carbocycles. The third kappa shape index (κ3) is 3.60. The molecule has 0 bridgehead atoms. The van der Waals surface area contributed by atoms with Gasteiger partial charge in [0.15, 0.2) is 0 Å². The van der Waals surface area contributed by atoms with Crippen LogP contribution in [0.15, 0.2) is 24.3 Å². The van der Waals surface area contributed by atoms with Crippen LogP contribution in [-0.4, -0.2) is 11.0 Å². The van der Waals surface area contributed by atoms with E-state index < -0.39 is 18.4 Å². The lowest BCUT2D eigenvalue weighted by Crippen LogP contribution is -2.15. The summed E-state index contributed by atoms with van der Waals surface area (Å²) in [5, 5.41) is 9.94.